The third-order valence-corrected chi connectivity index (χ3v) is 7.05. The predicted molar refractivity (Wildman–Crippen MR) is 116 cm³/mol. The lowest BCUT2D eigenvalue weighted by molar-refractivity contribution is -0.125. The number of aliphatic imine (C=N–C) groups is 1. The Labute approximate surface area is 187 Å². The quantitative estimate of drug-likeness (QED) is 0.285. The molecule has 3 aliphatic rings. The van der Waals surface area contributed by atoms with Gasteiger partial charge in [0.05, 0.1) is 0 Å². The molecule has 6 nitrogen and oxygen atoms in total. The highest BCUT2D eigenvalue weighted by Crippen LogP contribution is 2.34. The van der Waals surface area contributed by atoms with Crippen molar-refractivity contribution in [2.24, 2.45) is 16.8 Å². The molecular formula is C21H35ClF3N5O. The highest BCUT2D eigenvalue weighted by Gasteiger charge is 2.37. The highest BCUT2D eigenvalue weighted by molar-refractivity contribution is 6.20. The number of carbonyl (C=O) groups is 1. The number of nitrogens with zero attached hydrogens (tertiary/aromatic N) is 1. The van der Waals surface area contributed by atoms with Gasteiger partial charge in [0.1, 0.15) is 24.7 Å². The van der Waals surface area contributed by atoms with Gasteiger partial charge in [-0.25, -0.2) is 23.6 Å². The van der Waals surface area contributed by atoms with Gasteiger partial charge in [0, 0.05) is 29.8 Å². The van der Waals surface area contributed by atoms with E-state index in [1.165, 1.54) is 0 Å². The van der Waals surface area contributed by atoms with E-state index in [2.05, 4.69) is 26.5 Å². The molecule has 0 radical (unpaired) electrons. The summed E-state index contributed by atoms with van der Waals surface area (Å²) in [6, 6.07) is 0.114. The lowest BCUT2D eigenvalue weighted by Gasteiger charge is -2.31. The molecule has 0 bridgehead atoms. The fraction of sp³-hybridized carbons (Fsp3) is 0.905. The highest BCUT2D eigenvalue weighted by atomic mass is 35.5. The number of carbonyl (C=O) groups excluding carboxylic acids is 1. The Bertz CT molecular complexity index is 632. The number of amides is 1. The van der Waals surface area contributed by atoms with Crippen molar-refractivity contribution in [3.63, 3.8) is 0 Å². The Hall–Kier alpha value is -1.06. The van der Waals surface area contributed by atoms with E-state index in [1.54, 1.807) is 0 Å². The molecule has 0 aromatic heterocycles. The molecule has 4 N–H and O–H groups in total. The molecule has 2 aliphatic carbocycles. The second-order valence-corrected chi connectivity index (χ2v) is 9.89. The summed E-state index contributed by atoms with van der Waals surface area (Å²) in [6.45, 7) is 3.98. The lowest BCUT2D eigenvalue weighted by atomic mass is 9.82. The molecule has 0 aromatic carbocycles. The molecule has 0 spiro atoms. The molecule has 9 atom stereocenters. The zero-order chi connectivity index (χ0) is 22.5. The summed E-state index contributed by atoms with van der Waals surface area (Å²) >= 11 is 6.21. The first kappa shape index (κ1) is 24.6. The van der Waals surface area contributed by atoms with Crippen LogP contribution in [0.4, 0.5) is 13.2 Å². The normalized spacial score (nSPS) is 40.4. The van der Waals surface area contributed by atoms with Crippen molar-refractivity contribution in [3.05, 3.63) is 0 Å². The summed E-state index contributed by atoms with van der Waals surface area (Å²) in [7, 11) is 0. The second kappa shape index (κ2) is 11.2. The first-order valence-corrected chi connectivity index (χ1v) is 11.9. The van der Waals surface area contributed by atoms with Crippen molar-refractivity contribution < 1.29 is 18.0 Å². The van der Waals surface area contributed by atoms with Crippen LogP contribution in [-0.4, -0.2) is 54.0 Å². The second-order valence-electron chi connectivity index (χ2n) is 9.27. The number of hydrogen-bond acceptors (Lipinski definition) is 4. The van der Waals surface area contributed by atoms with Crippen LogP contribution < -0.4 is 21.5 Å². The number of nitrogens with one attached hydrogen (secondary N) is 4. The van der Waals surface area contributed by atoms with Crippen LogP contribution in [0.15, 0.2) is 4.99 Å². The van der Waals surface area contributed by atoms with Crippen LogP contribution in [0.3, 0.4) is 0 Å². The largest absolute Gasteiger partial charge is 0.354 e. The first-order valence-electron chi connectivity index (χ1n) is 11.5. The van der Waals surface area contributed by atoms with Gasteiger partial charge < -0.3 is 5.32 Å². The Balaban J connectivity index is 1.61. The third-order valence-electron chi connectivity index (χ3n) is 6.70. The molecule has 31 heavy (non-hydrogen) atoms. The maximum absolute atomic E-state index is 13.9. The zero-order valence-corrected chi connectivity index (χ0v) is 19.0. The van der Waals surface area contributed by atoms with Gasteiger partial charge in [-0.2, -0.15) is 0 Å². The van der Waals surface area contributed by atoms with Crippen molar-refractivity contribution in [2.45, 2.75) is 107 Å². The molecule has 9 unspecified atom stereocenters. The molecule has 1 amide bonds. The van der Waals surface area contributed by atoms with Crippen molar-refractivity contribution in [3.8, 4) is 0 Å². The van der Waals surface area contributed by atoms with Crippen LogP contribution >= 0.6 is 11.6 Å². The van der Waals surface area contributed by atoms with Crippen molar-refractivity contribution >= 4 is 23.5 Å². The van der Waals surface area contributed by atoms with E-state index < -0.39 is 24.4 Å². The number of rotatable bonds is 5. The van der Waals surface area contributed by atoms with Crippen molar-refractivity contribution in [2.75, 3.05) is 0 Å². The van der Waals surface area contributed by atoms with E-state index in [0.717, 1.165) is 12.8 Å². The summed E-state index contributed by atoms with van der Waals surface area (Å²) in [5.41, 5.74) is 6.32. The van der Waals surface area contributed by atoms with Crippen LogP contribution in [0.5, 0.6) is 0 Å². The standard InChI is InChI=1S/C21H35ClF3N5O/c1-3-11(2)26-21(28-20(31)12-4-5-16(24)17(25)8-12)27-19-10-18(29-30-19)13-6-14(22)9-15(23)7-13/h11-19,29-30H,3-10H2,1-2H3,(H2,26,27,28,31). The van der Waals surface area contributed by atoms with Gasteiger partial charge in [-0.05, 0) is 57.8 Å². The molecule has 1 heterocycles. The smallest absolute Gasteiger partial charge is 0.229 e. The average molecular weight is 466 g/mol. The minimum Gasteiger partial charge on any atom is -0.354 e. The van der Waals surface area contributed by atoms with Gasteiger partial charge >= 0.3 is 0 Å². The Morgan fingerprint density at radius 1 is 1.10 bits per heavy atom. The van der Waals surface area contributed by atoms with Gasteiger partial charge in [-0.1, -0.05) is 6.92 Å². The van der Waals surface area contributed by atoms with Gasteiger partial charge in [-0.3, -0.25) is 15.5 Å². The van der Waals surface area contributed by atoms with Crippen LogP contribution in [0, 0.1) is 11.8 Å². The monoisotopic (exact) mass is 465 g/mol. The Kier molecular flexibility index (Phi) is 8.87. The average Bonchev–Trinajstić information content (AvgIpc) is 3.17. The number of alkyl halides is 4. The summed E-state index contributed by atoms with van der Waals surface area (Å²) in [5, 5.41) is 5.82. The van der Waals surface area contributed by atoms with Gasteiger partial charge in [0.2, 0.25) is 5.91 Å². The molecule has 3 fully saturated rings. The molecule has 1 aliphatic heterocycles. The van der Waals surface area contributed by atoms with Crippen molar-refractivity contribution in [1.29, 1.82) is 0 Å². The topological polar surface area (TPSA) is 77.6 Å². The minimum atomic E-state index is -1.60. The molecule has 10 heteroatoms. The molecule has 2 saturated carbocycles. The summed E-state index contributed by atoms with van der Waals surface area (Å²) < 4.78 is 41.1. The van der Waals surface area contributed by atoms with Crippen molar-refractivity contribution in [1.82, 2.24) is 21.5 Å². The molecule has 3 rings (SSSR count). The Morgan fingerprint density at radius 3 is 2.55 bits per heavy atom. The van der Waals surface area contributed by atoms with Gasteiger partial charge in [-0.15, -0.1) is 11.6 Å². The van der Waals surface area contributed by atoms with E-state index in [4.69, 9.17) is 11.6 Å². The SMILES string of the molecule is CCC(C)N/C(=N\C1CC(C2CC(F)CC(Cl)C2)NN1)NC(=O)C1CCC(F)C(F)C1. The van der Waals surface area contributed by atoms with E-state index in [9.17, 15) is 18.0 Å². The number of halogens is 4. The summed E-state index contributed by atoms with van der Waals surface area (Å²) in [4.78, 5) is 17.3. The minimum absolute atomic E-state index is 0.0428. The zero-order valence-electron chi connectivity index (χ0n) is 18.2. The molecule has 1 saturated heterocycles. The molecular weight excluding hydrogens is 431 g/mol. The summed E-state index contributed by atoms with van der Waals surface area (Å²) in [6.07, 6.45) is -0.908. The third kappa shape index (κ3) is 6.96. The molecule has 178 valence electrons. The molecule has 0 aromatic rings. The van der Waals surface area contributed by atoms with Gasteiger partial charge in [0.15, 0.2) is 5.96 Å². The predicted octanol–water partition coefficient (Wildman–Crippen LogP) is 3.26. The number of hydrogen-bond donors (Lipinski definition) is 4. The van der Waals surface area contributed by atoms with E-state index in [0.29, 0.717) is 31.6 Å². The van der Waals surface area contributed by atoms with Crippen LogP contribution in [-0.2, 0) is 4.79 Å². The number of hydrazine groups is 1. The maximum atomic E-state index is 13.9. The van der Waals surface area contributed by atoms with E-state index in [1.807, 2.05) is 13.8 Å². The number of guanidine groups is 1. The fourth-order valence-electron chi connectivity index (χ4n) is 4.64. The summed E-state index contributed by atoms with van der Waals surface area (Å²) in [5.74, 6) is -0.474. The maximum Gasteiger partial charge on any atom is 0.229 e. The van der Waals surface area contributed by atoms with Crippen LogP contribution in [0.1, 0.15) is 65.2 Å². The fourth-order valence-corrected chi connectivity index (χ4v) is 5.06. The van der Waals surface area contributed by atoms with Gasteiger partial charge in [0.25, 0.3) is 0 Å². The van der Waals surface area contributed by atoms with Crippen LogP contribution in [0.25, 0.3) is 0 Å². The van der Waals surface area contributed by atoms with E-state index in [-0.39, 0.29) is 48.3 Å². The Morgan fingerprint density at radius 2 is 1.87 bits per heavy atom. The lowest BCUT2D eigenvalue weighted by Crippen LogP contribution is -2.49. The van der Waals surface area contributed by atoms with E-state index >= 15 is 0 Å². The van der Waals surface area contributed by atoms with Crippen LogP contribution in [0.2, 0.25) is 0 Å². The first-order chi connectivity index (χ1) is 14.7.